The van der Waals surface area contributed by atoms with E-state index in [9.17, 15) is 0 Å². The van der Waals surface area contributed by atoms with Crippen molar-refractivity contribution in [2.24, 2.45) is 0 Å². The summed E-state index contributed by atoms with van der Waals surface area (Å²) in [7, 11) is 0. The van der Waals surface area contributed by atoms with E-state index in [1.165, 1.54) is 21.8 Å². The second-order valence-electron chi connectivity index (χ2n) is 4.91. The second-order valence-corrected chi connectivity index (χ2v) is 6.74. The molecular weight excluding hydrogens is 382 g/mol. The highest BCUT2D eigenvalue weighted by molar-refractivity contribution is 9.10. The van der Waals surface area contributed by atoms with Gasteiger partial charge in [0.25, 0.3) is 0 Å². The molecule has 2 nitrogen and oxygen atoms in total. The molecule has 3 rings (SSSR count). The van der Waals surface area contributed by atoms with Gasteiger partial charge in [-0.25, -0.2) is 0 Å². The number of nitrogens with zero attached hydrogens (tertiary/aromatic N) is 1. The molecule has 0 radical (unpaired) electrons. The van der Waals surface area contributed by atoms with E-state index < -0.39 is 0 Å². The normalized spacial score (nSPS) is 11.6. The van der Waals surface area contributed by atoms with Gasteiger partial charge in [-0.3, -0.25) is 0 Å². The Balaban J connectivity index is 2.23. The van der Waals surface area contributed by atoms with E-state index >= 15 is 0 Å². The van der Waals surface area contributed by atoms with Gasteiger partial charge in [-0.05, 0) is 49.2 Å². The zero-order valence-corrected chi connectivity index (χ0v) is 14.1. The van der Waals surface area contributed by atoms with Crippen LogP contribution < -0.4 is 0 Å². The monoisotopic (exact) mass is 395 g/mol. The molecule has 20 heavy (non-hydrogen) atoms. The molecule has 0 bridgehead atoms. The van der Waals surface area contributed by atoms with Gasteiger partial charge in [-0.2, -0.15) is 0 Å². The number of fused-ring (bicyclic) bond motifs is 3. The van der Waals surface area contributed by atoms with Crippen LogP contribution in [-0.2, 0) is 6.54 Å². The molecule has 0 aliphatic heterocycles. The van der Waals surface area contributed by atoms with Gasteiger partial charge < -0.3 is 9.67 Å². The lowest BCUT2D eigenvalue weighted by Gasteiger charge is -2.06. The molecule has 0 aliphatic rings. The minimum atomic E-state index is 0.258. The number of aliphatic hydroxyl groups is 1. The van der Waals surface area contributed by atoms with Gasteiger partial charge in [0, 0.05) is 43.9 Å². The van der Waals surface area contributed by atoms with Gasteiger partial charge in [0.05, 0.1) is 0 Å². The van der Waals surface area contributed by atoms with Crippen molar-refractivity contribution in [2.45, 2.75) is 19.4 Å². The lowest BCUT2D eigenvalue weighted by Crippen LogP contribution is -1.98. The predicted octanol–water partition coefficient (Wildman–Crippen LogP) is 5.09. The van der Waals surface area contributed by atoms with E-state index in [0.717, 1.165) is 28.3 Å². The lowest BCUT2D eigenvalue weighted by molar-refractivity contribution is 0.282. The molecule has 0 fully saturated rings. The number of aliphatic hydroxyl groups excluding tert-OH is 1. The maximum absolute atomic E-state index is 8.97. The number of aromatic nitrogens is 1. The number of hydrogen-bond acceptors (Lipinski definition) is 1. The summed E-state index contributed by atoms with van der Waals surface area (Å²) < 4.78 is 4.54. The smallest absolute Gasteiger partial charge is 0.0492 e. The molecule has 4 heteroatoms. The third kappa shape index (κ3) is 2.52. The average molecular weight is 397 g/mol. The van der Waals surface area contributed by atoms with Crippen molar-refractivity contribution >= 4 is 53.7 Å². The third-order valence-corrected chi connectivity index (χ3v) is 4.57. The Kier molecular flexibility index (Phi) is 4.15. The summed E-state index contributed by atoms with van der Waals surface area (Å²) in [6, 6.07) is 12.8. The van der Waals surface area contributed by atoms with Crippen LogP contribution in [0.4, 0.5) is 0 Å². The molecule has 1 N–H and O–H groups in total. The summed E-state index contributed by atoms with van der Waals surface area (Å²) >= 11 is 7.11. The summed E-state index contributed by atoms with van der Waals surface area (Å²) in [5, 5.41) is 11.5. The van der Waals surface area contributed by atoms with E-state index in [1.807, 2.05) is 0 Å². The van der Waals surface area contributed by atoms with Crippen LogP contribution >= 0.6 is 31.9 Å². The Bertz CT molecular complexity index is 705. The van der Waals surface area contributed by atoms with Crippen molar-refractivity contribution in [3.05, 3.63) is 45.3 Å². The van der Waals surface area contributed by atoms with Crippen LogP contribution in [0.25, 0.3) is 21.8 Å². The van der Waals surface area contributed by atoms with Gasteiger partial charge in [-0.1, -0.05) is 31.9 Å². The summed E-state index contributed by atoms with van der Waals surface area (Å²) in [4.78, 5) is 0. The topological polar surface area (TPSA) is 25.2 Å². The molecule has 0 saturated carbocycles. The Morgan fingerprint density at radius 1 is 0.850 bits per heavy atom. The Morgan fingerprint density at radius 3 is 1.90 bits per heavy atom. The van der Waals surface area contributed by atoms with Gasteiger partial charge in [-0.15, -0.1) is 0 Å². The summed E-state index contributed by atoms with van der Waals surface area (Å²) in [5.41, 5.74) is 2.50. The molecule has 104 valence electrons. The van der Waals surface area contributed by atoms with E-state index in [1.54, 1.807) is 0 Å². The number of unbranched alkanes of at least 4 members (excludes halogenated alkanes) is 1. The van der Waals surface area contributed by atoms with Crippen LogP contribution in [0.5, 0.6) is 0 Å². The first-order valence-electron chi connectivity index (χ1n) is 6.68. The largest absolute Gasteiger partial charge is 0.396 e. The number of halogens is 2. The molecule has 1 aromatic heterocycles. The number of rotatable bonds is 4. The van der Waals surface area contributed by atoms with Crippen molar-refractivity contribution in [2.75, 3.05) is 6.61 Å². The average Bonchev–Trinajstić information content (AvgIpc) is 2.72. The van der Waals surface area contributed by atoms with E-state index in [2.05, 4.69) is 72.8 Å². The number of aryl methyl sites for hydroxylation is 1. The van der Waals surface area contributed by atoms with E-state index in [0.29, 0.717) is 0 Å². The summed E-state index contributed by atoms with van der Waals surface area (Å²) in [6.07, 6.45) is 1.83. The highest BCUT2D eigenvalue weighted by Gasteiger charge is 2.11. The van der Waals surface area contributed by atoms with Crippen molar-refractivity contribution in [3.8, 4) is 0 Å². The Labute approximate surface area is 134 Å². The first kappa shape index (κ1) is 14.1. The van der Waals surface area contributed by atoms with Crippen LogP contribution in [0, 0.1) is 0 Å². The Hall–Kier alpha value is -0.840. The van der Waals surface area contributed by atoms with Gasteiger partial charge >= 0.3 is 0 Å². The fourth-order valence-electron chi connectivity index (χ4n) is 2.67. The van der Waals surface area contributed by atoms with Crippen molar-refractivity contribution in [1.29, 1.82) is 0 Å². The first-order chi connectivity index (χ1) is 9.70. The maximum atomic E-state index is 8.97. The highest BCUT2D eigenvalue weighted by Crippen LogP contribution is 2.33. The van der Waals surface area contributed by atoms with Crippen LogP contribution in [0.1, 0.15) is 12.8 Å². The quantitative estimate of drug-likeness (QED) is 0.610. The summed E-state index contributed by atoms with van der Waals surface area (Å²) in [5.74, 6) is 0. The molecule has 0 spiro atoms. The third-order valence-electron chi connectivity index (χ3n) is 3.58. The predicted molar refractivity (Wildman–Crippen MR) is 91.2 cm³/mol. The van der Waals surface area contributed by atoms with Gasteiger partial charge in [0.15, 0.2) is 0 Å². The molecule has 3 aromatic rings. The number of benzene rings is 2. The molecule has 0 unspecified atom stereocenters. The Morgan fingerprint density at radius 2 is 1.40 bits per heavy atom. The van der Waals surface area contributed by atoms with Crippen LogP contribution in [-0.4, -0.2) is 16.3 Å². The van der Waals surface area contributed by atoms with Gasteiger partial charge in [0.2, 0.25) is 0 Å². The van der Waals surface area contributed by atoms with Crippen LogP contribution in [0.3, 0.4) is 0 Å². The fourth-order valence-corrected chi connectivity index (χ4v) is 3.39. The lowest BCUT2D eigenvalue weighted by atomic mass is 10.2. The zero-order valence-electron chi connectivity index (χ0n) is 10.9. The standard InChI is InChI=1S/C16H15Br2NO/c17-11-3-5-15-13(9-11)14-10-12(18)4-6-16(14)19(15)7-1-2-8-20/h3-6,9-10,20H,1-2,7-8H2. The van der Waals surface area contributed by atoms with E-state index in [-0.39, 0.29) is 6.61 Å². The minimum absolute atomic E-state index is 0.258. The second kappa shape index (κ2) is 5.88. The van der Waals surface area contributed by atoms with Crippen molar-refractivity contribution in [3.63, 3.8) is 0 Å². The van der Waals surface area contributed by atoms with Crippen LogP contribution in [0.15, 0.2) is 45.3 Å². The molecule has 0 atom stereocenters. The zero-order chi connectivity index (χ0) is 14.1. The molecule has 1 heterocycles. The van der Waals surface area contributed by atoms with Gasteiger partial charge in [0.1, 0.15) is 0 Å². The molecular formula is C16H15Br2NO. The number of hydrogen-bond donors (Lipinski definition) is 1. The fraction of sp³-hybridized carbons (Fsp3) is 0.250. The SMILES string of the molecule is OCCCCn1c2ccc(Br)cc2c2cc(Br)ccc21. The molecule has 0 amide bonds. The molecule has 0 aliphatic carbocycles. The first-order valence-corrected chi connectivity index (χ1v) is 8.27. The molecule has 2 aromatic carbocycles. The van der Waals surface area contributed by atoms with Crippen molar-refractivity contribution in [1.82, 2.24) is 4.57 Å². The van der Waals surface area contributed by atoms with Crippen molar-refractivity contribution < 1.29 is 5.11 Å². The minimum Gasteiger partial charge on any atom is -0.396 e. The van der Waals surface area contributed by atoms with E-state index in [4.69, 9.17) is 5.11 Å². The summed E-state index contributed by atoms with van der Waals surface area (Å²) in [6.45, 7) is 1.19. The molecule has 0 saturated heterocycles. The highest BCUT2D eigenvalue weighted by atomic mass is 79.9. The maximum Gasteiger partial charge on any atom is 0.0492 e. The van der Waals surface area contributed by atoms with Crippen LogP contribution in [0.2, 0.25) is 0 Å².